The molecule has 3 aromatic carbocycles. The average molecular weight is 477 g/mol. The van der Waals surface area contributed by atoms with E-state index in [4.69, 9.17) is 0 Å². The van der Waals surface area contributed by atoms with Gasteiger partial charge in [0.1, 0.15) is 18.0 Å². The quantitative estimate of drug-likeness (QED) is 0.352. The highest BCUT2D eigenvalue weighted by Crippen LogP contribution is 2.23. The summed E-state index contributed by atoms with van der Waals surface area (Å²) in [7, 11) is 0. The molecule has 0 aliphatic heterocycles. The molecule has 0 unspecified atom stereocenters. The summed E-state index contributed by atoms with van der Waals surface area (Å²) in [6.45, 7) is 1.97. The standard InChI is InChI=1S/C24H18BrFN4O/c1-15-11-20(9-10-21(15)25)30-24(31)16-5-7-19(8-6-16)29-23-13-22(27-14-28-23)17-3-2-4-18(26)12-17/h2-14H,1H3,(H,30,31)(H,27,28,29). The molecule has 0 radical (unpaired) electrons. The van der Waals surface area contributed by atoms with Crippen LogP contribution in [0, 0.1) is 12.7 Å². The van der Waals surface area contributed by atoms with Gasteiger partial charge in [-0.15, -0.1) is 0 Å². The van der Waals surface area contributed by atoms with Crippen molar-refractivity contribution in [1.82, 2.24) is 9.97 Å². The van der Waals surface area contributed by atoms with E-state index in [-0.39, 0.29) is 11.7 Å². The summed E-state index contributed by atoms with van der Waals surface area (Å²) < 4.78 is 14.5. The summed E-state index contributed by atoms with van der Waals surface area (Å²) in [6.07, 6.45) is 1.42. The van der Waals surface area contributed by atoms with E-state index in [9.17, 15) is 9.18 Å². The summed E-state index contributed by atoms with van der Waals surface area (Å²) in [4.78, 5) is 20.9. The van der Waals surface area contributed by atoms with Gasteiger partial charge in [-0.2, -0.15) is 0 Å². The number of amides is 1. The molecule has 0 saturated carbocycles. The minimum absolute atomic E-state index is 0.191. The molecule has 0 aliphatic carbocycles. The molecular formula is C24H18BrFN4O. The molecule has 0 saturated heterocycles. The van der Waals surface area contributed by atoms with Crippen LogP contribution in [0.3, 0.4) is 0 Å². The molecule has 0 bridgehead atoms. The number of aryl methyl sites for hydroxylation is 1. The molecule has 7 heteroatoms. The highest BCUT2D eigenvalue weighted by atomic mass is 79.9. The molecule has 1 aromatic heterocycles. The van der Waals surface area contributed by atoms with Crippen molar-refractivity contribution in [1.29, 1.82) is 0 Å². The molecule has 154 valence electrons. The lowest BCUT2D eigenvalue weighted by Crippen LogP contribution is -2.11. The molecule has 2 N–H and O–H groups in total. The zero-order valence-electron chi connectivity index (χ0n) is 16.6. The van der Waals surface area contributed by atoms with Gasteiger partial charge >= 0.3 is 0 Å². The van der Waals surface area contributed by atoms with Gasteiger partial charge in [-0.3, -0.25) is 4.79 Å². The summed E-state index contributed by atoms with van der Waals surface area (Å²) in [5, 5.41) is 6.07. The van der Waals surface area contributed by atoms with Crippen molar-refractivity contribution in [3.63, 3.8) is 0 Å². The number of carbonyl (C=O) groups is 1. The van der Waals surface area contributed by atoms with Crippen molar-refractivity contribution in [3.8, 4) is 11.3 Å². The zero-order chi connectivity index (χ0) is 21.8. The monoisotopic (exact) mass is 476 g/mol. The van der Waals surface area contributed by atoms with Crippen molar-refractivity contribution in [2.75, 3.05) is 10.6 Å². The Labute approximate surface area is 187 Å². The van der Waals surface area contributed by atoms with E-state index in [1.54, 1.807) is 42.5 Å². The van der Waals surface area contributed by atoms with Crippen LogP contribution in [-0.4, -0.2) is 15.9 Å². The third-order valence-corrected chi connectivity index (χ3v) is 5.51. The molecular weight excluding hydrogens is 459 g/mol. The Morgan fingerprint density at radius 3 is 2.45 bits per heavy atom. The van der Waals surface area contributed by atoms with Gasteiger partial charge in [-0.05, 0) is 67.1 Å². The predicted octanol–water partition coefficient (Wildman–Crippen LogP) is 6.35. The zero-order valence-corrected chi connectivity index (χ0v) is 18.2. The first-order chi connectivity index (χ1) is 15.0. The summed E-state index contributed by atoms with van der Waals surface area (Å²) in [6, 6.07) is 20.7. The van der Waals surface area contributed by atoms with Gasteiger partial charge in [-0.25, -0.2) is 14.4 Å². The van der Waals surface area contributed by atoms with E-state index >= 15 is 0 Å². The van der Waals surface area contributed by atoms with Gasteiger partial charge < -0.3 is 10.6 Å². The molecule has 0 fully saturated rings. The first-order valence-electron chi connectivity index (χ1n) is 9.50. The molecule has 1 amide bonds. The molecule has 5 nitrogen and oxygen atoms in total. The second-order valence-corrected chi connectivity index (χ2v) is 7.77. The molecule has 0 spiro atoms. The SMILES string of the molecule is Cc1cc(NC(=O)c2ccc(Nc3cc(-c4cccc(F)c4)ncn3)cc2)ccc1Br. The maximum atomic E-state index is 13.5. The van der Waals surface area contributed by atoms with Crippen LogP contribution in [0.1, 0.15) is 15.9 Å². The number of aromatic nitrogens is 2. The molecule has 0 aliphatic rings. The molecule has 0 atom stereocenters. The van der Waals surface area contributed by atoms with Gasteiger partial charge in [0.05, 0.1) is 5.69 Å². The molecule has 1 heterocycles. The second-order valence-electron chi connectivity index (χ2n) is 6.92. The fourth-order valence-electron chi connectivity index (χ4n) is 3.01. The maximum absolute atomic E-state index is 13.5. The minimum Gasteiger partial charge on any atom is -0.340 e. The third-order valence-electron chi connectivity index (χ3n) is 4.62. The number of nitrogens with one attached hydrogen (secondary N) is 2. The van der Waals surface area contributed by atoms with Crippen molar-refractivity contribution in [2.24, 2.45) is 0 Å². The lowest BCUT2D eigenvalue weighted by molar-refractivity contribution is 0.102. The minimum atomic E-state index is -0.321. The Morgan fingerprint density at radius 2 is 1.71 bits per heavy atom. The van der Waals surface area contributed by atoms with E-state index in [0.717, 1.165) is 21.4 Å². The number of nitrogens with zero attached hydrogens (tertiary/aromatic N) is 2. The van der Waals surface area contributed by atoms with E-state index < -0.39 is 0 Å². The van der Waals surface area contributed by atoms with Crippen LogP contribution in [0.4, 0.5) is 21.6 Å². The number of anilines is 3. The van der Waals surface area contributed by atoms with Crippen LogP contribution in [0.5, 0.6) is 0 Å². The van der Waals surface area contributed by atoms with Crippen LogP contribution in [0.15, 0.2) is 83.6 Å². The van der Waals surface area contributed by atoms with E-state index in [1.165, 1.54) is 18.5 Å². The Morgan fingerprint density at radius 1 is 0.935 bits per heavy atom. The Kier molecular flexibility index (Phi) is 6.04. The fraction of sp³-hybridized carbons (Fsp3) is 0.0417. The van der Waals surface area contributed by atoms with Gasteiger partial charge in [0.2, 0.25) is 0 Å². The number of carbonyl (C=O) groups excluding carboxylic acids is 1. The topological polar surface area (TPSA) is 66.9 Å². The van der Waals surface area contributed by atoms with Gasteiger partial charge in [-0.1, -0.05) is 28.1 Å². The highest BCUT2D eigenvalue weighted by Gasteiger charge is 2.08. The Hall–Kier alpha value is -3.58. The van der Waals surface area contributed by atoms with Crippen LogP contribution in [0.25, 0.3) is 11.3 Å². The Balaban J connectivity index is 1.45. The number of benzene rings is 3. The van der Waals surface area contributed by atoms with E-state index in [1.807, 2.05) is 25.1 Å². The first kappa shape index (κ1) is 20.7. The van der Waals surface area contributed by atoms with Crippen LogP contribution in [-0.2, 0) is 0 Å². The first-order valence-corrected chi connectivity index (χ1v) is 10.3. The lowest BCUT2D eigenvalue weighted by Gasteiger charge is -2.09. The number of hydrogen-bond donors (Lipinski definition) is 2. The van der Waals surface area contributed by atoms with Crippen LogP contribution >= 0.6 is 15.9 Å². The van der Waals surface area contributed by atoms with Crippen molar-refractivity contribution in [3.05, 3.63) is 101 Å². The lowest BCUT2D eigenvalue weighted by atomic mass is 10.1. The molecule has 4 rings (SSSR count). The summed E-state index contributed by atoms with van der Waals surface area (Å²) >= 11 is 3.45. The van der Waals surface area contributed by atoms with Crippen molar-refractivity contribution >= 4 is 39.0 Å². The average Bonchev–Trinajstić information content (AvgIpc) is 2.77. The predicted molar refractivity (Wildman–Crippen MR) is 124 cm³/mol. The van der Waals surface area contributed by atoms with Gasteiger partial charge in [0.15, 0.2) is 0 Å². The van der Waals surface area contributed by atoms with Gasteiger partial charge in [0.25, 0.3) is 5.91 Å². The third kappa shape index (κ3) is 5.13. The number of rotatable bonds is 5. The van der Waals surface area contributed by atoms with Crippen LogP contribution in [0.2, 0.25) is 0 Å². The summed E-state index contributed by atoms with van der Waals surface area (Å²) in [5.41, 5.74) is 4.35. The number of hydrogen-bond acceptors (Lipinski definition) is 4. The van der Waals surface area contributed by atoms with E-state index in [2.05, 4.69) is 36.5 Å². The Bertz CT molecular complexity index is 1240. The molecule has 4 aromatic rings. The van der Waals surface area contributed by atoms with Crippen molar-refractivity contribution < 1.29 is 9.18 Å². The van der Waals surface area contributed by atoms with E-state index in [0.29, 0.717) is 22.6 Å². The smallest absolute Gasteiger partial charge is 0.255 e. The second kappa shape index (κ2) is 9.06. The largest absolute Gasteiger partial charge is 0.340 e. The fourth-order valence-corrected chi connectivity index (χ4v) is 3.26. The maximum Gasteiger partial charge on any atom is 0.255 e. The summed E-state index contributed by atoms with van der Waals surface area (Å²) in [5.74, 6) is 0.0540. The normalized spacial score (nSPS) is 10.5. The van der Waals surface area contributed by atoms with Gasteiger partial charge in [0, 0.05) is 33.0 Å². The number of halogens is 2. The van der Waals surface area contributed by atoms with Crippen LogP contribution < -0.4 is 10.6 Å². The highest BCUT2D eigenvalue weighted by molar-refractivity contribution is 9.10. The molecule has 31 heavy (non-hydrogen) atoms. The van der Waals surface area contributed by atoms with Crippen molar-refractivity contribution in [2.45, 2.75) is 6.92 Å².